The summed E-state index contributed by atoms with van der Waals surface area (Å²) in [6.45, 7) is 4.04. The Morgan fingerprint density at radius 1 is 1.22 bits per heavy atom. The monoisotopic (exact) mass is 246 g/mol. The van der Waals surface area contributed by atoms with Crippen LogP contribution in [0.1, 0.15) is 39.5 Å². The first-order valence-corrected chi connectivity index (χ1v) is 6.76. The Morgan fingerprint density at radius 3 is 2.39 bits per heavy atom. The van der Waals surface area contributed by atoms with Gasteiger partial charge in [0, 0.05) is 5.92 Å². The summed E-state index contributed by atoms with van der Waals surface area (Å²) in [5.74, 6) is 2.14. The van der Waals surface area contributed by atoms with Crippen LogP contribution in [0.3, 0.4) is 0 Å². The Kier molecular flexibility index (Phi) is 4.24. The second kappa shape index (κ2) is 5.89. The number of hydrogen-bond donors (Lipinski definition) is 1. The van der Waals surface area contributed by atoms with Crippen molar-refractivity contribution >= 4 is 11.5 Å². The van der Waals surface area contributed by atoms with E-state index in [4.69, 9.17) is 10.5 Å². The third-order valence-corrected chi connectivity index (χ3v) is 3.24. The van der Waals surface area contributed by atoms with Crippen molar-refractivity contribution in [2.45, 2.75) is 45.6 Å². The molecule has 0 aliphatic heterocycles. The number of ether oxygens (including phenoxy) is 1. The van der Waals surface area contributed by atoms with Gasteiger partial charge in [-0.05, 0) is 51.0 Å². The molecule has 0 radical (unpaired) electrons. The zero-order chi connectivity index (χ0) is 13.0. The molecule has 0 saturated heterocycles. The molecule has 3 nitrogen and oxygen atoms in total. The van der Waals surface area contributed by atoms with Crippen LogP contribution < -0.4 is 10.5 Å². The predicted octanol–water partition coefficient (Wildman–Crippen LogP) is 3.65. The van der Waals surface area contributed by atoms with E-state index in [2.05, 4.69) is 4.99 Å². The average molecular weight is 246 g/mol. The molecule has 1 aliphatic rings. The van der Waals surface area contributed by atoms with Crippen molar-refractivity contribution in [1.82, 2.24) is 0 Å². The molecule has 0 bridgehead atoms. The van der Waals surface area contributed by atoms with Crippen molar-refractivity contribution in [1.29, 1.82) is 0 Å². The van der Waals surface area contributed by atoms with Gasteiger partial charge in [-0.1, -0.05) is 12.8 Å². The second-order valence-electron chi connectivity index (χ2n) is 5.18. The molecule has 0 aromatic heterocycles. The largest absolute Gasteiger partial charge is 0.491 e. The molecule has 18 heavy (non-hydrogen) atoms. The van der Waals surface area contributed by atoms with E-state index in [1.807, 2.05) is 38.1 Å². The number of nitrogens with zero attached hydrogens (tertiary/aromatic N) is 1. The maximum Gasteiger partial charge on any atom is 0.119 e. The summed E-state index contributed by atoms with van der Waals surface area (Å²) in [6.07, 6.45) is 5.13. The van der Waals surface area contributed by atoms with E-state index in [0.717, 1.165) is 17.3 Å². The van der Waals surface area contributed by atoms with E-state index in [1.54, 1.807) is 0 Å². The number of hydrogen-bond acceptors (Lipinski definition) is 2. The first kappa shape index (κ1) is 12.9. The lowest BCUT2D eigenvalue weighted by Crippen LogP contribution is -2.20. The maximum atomic E-state index is 6.05. The fraction of sp³-hybridized carbons (Fsp3) is 0.533. The standard InChI is InChI=1S/C15H22N2O/c1-11(2)18-14-9-7-13(8-10-14)17-15(16)12-5-3-4-6-12/h7-12H,3-6H2,1-2H3,(H2,16,17). The van der Waals surface area contributed by atoms with Gasteiger partial charge < -0.3 is 10.5 Å². The van der Waals surface area contributed by atoms with Gasteiger partial charge in [-0.25, -0.2) is 4.99 Å². The molecule has 0 spiro atoms. The number of rotatable bonds is 4. The number of aliphatic imine (C=N–C) groups is 1. The van der Waals surface area contributed by atoms with Gasteiger partial charge in [-0.15, -0.1) is 0 Å². The summed E-state index contributed by atoms with van der Waals surface area (Å²) in [7, 11) is 0. The van der Waals surface area contributed by atoms with Gasteiger partial charge in [0.05, 0.1) is 11.8 Å². The molecule has 0 amide bonds. The zero-order valence-corrected chi connectivity index (χ0v) is 11.2. The van der Waals surface area contributed by atoms with Gasteiger partial charge in [-0.3, -0.25) is 0 Å². The van der Waals surface area contributed by atoms with Crippen LogP contribution in [0.2, 0.25) is 0 Å². The molecular weight excluding hydrogens is 224 g/mol. The Labute approximate surface area is 109 Å². The quantitative estimate of drug-likeness (QED) is 0.651. The first-order chi connectivity index (χ1) is 8.65. The summed E-state index contributed by atoms with van der Waals surface area (Å²) in [6, 6.07) is 7.81. The molecular formula is C15H22N2O. The number of nitrogens with two attached hydrogens (primary N) is 1. The van der Waals surface area contributed by atoms with Gasteiger partial charge in [0.25, 0.3) is 0 Å². The molecule has 1 aromatic carbocycles. The van der Waals surface area contributed by atoms with Crippen LogP contribution in [0.25, 0.3) is 0 Å². The van der Waals surface area contributed by atoms with Crippen LogP contribution in [0.15, 0.2) is 29.3 Å². The highest BCUT2D eigenvalue weighted by molar-refractivity contribution is 5.85. The van der Waals surface area contributed by atoms with E-state index >= 15 is 0 Å². The van der Waals surface area contributed by atoms with Crippen LogP contribution in [0, 0.1) is 5.92 Å². The van der Waals surface area contributed by atoms with Crippen molar-refractivity contribution in [3.63, 3.8) is 0 Å². The van der Waals surface area contributed by atoms with Crippen LogP contribution in [0.4, 0.5) is 5.69 Å². The summed E-state index contributed by atoms with van der Waals surface area (Å²) in [5, 5.41) is 0. The molecule has 2 N–H and O–H groups in total. The van der Waals surface area contributed by atoms with E-state index < -0.39 is 0 Å². The lowest BCUT2D eigenvalue weighted by molar-refractivity contribution is 0.242. The fourth-order valence-electron chi connectivity index (χ4n) is 2.33. The molecule has 0 heterocycles. The third kappa shape index (κ3) is 3.49. The van der Waals surface area contributed by atoms with Crippen LogP contribution >= 0.6 is 0 Å². The SMILES string of the molecule is CC(C)Oc1ccc(N=C(N)C2CCCC2)cc1. The fourth-order valence-corrected chi connectivity index (χ4v) is 2.33. The van der Waals surface area contributed by atoms with Crippen LogP contribution in [0.5, 0.6) is 5.75 Å². The molecule has 3 heteroatoms. The summed E-state index contributed by atoms with van der Waals surface area (Å²) in [4.78, 5) is 4.50. The Balaban J connectivity index is 2.02. The Hall–Kier alpha value is -1.51. The van der Waals surface area contributed by atoms with Gasteiger partial charge in [0.15, 0.2) is 0 Å². The molecule has 1 fully saturated rings. The minimum absolute atomic E-state index is 0.197. The maximum absolute atomic E-state index is 6.05. The minimum Gasteiger partial charge on any atom is -0.491 e. The molecule has 98 valence electrons. The van der Waals surface area contributed by atoms with E-state index in [9.17, 15) is 0 Å². The van der Waals surface area contributed by atoms with Gasteiger partial charge in [0.2, 0.25) is 0 Å². The first-order valence-electron chi connectivity index (χ1n) is 6.76. The van der Waals surface area contributed by atoms with Crippen LogP contribution in [-0.4, -0.2) is 11.9 Å². The summed E-state index contributed by atoms with van der Waals surface area (Å²) in [5.41, 5.74) is 6.96. The molecule has 1 saturated carbocycles. The second-order valence-corrected chi connectivity index (χ2v) is 5.18. The molecule has 0 atom stereocenters. The van der Waals surface area contributed by atoms with Gasteiger partial charge in [0.1, 0.15) is 11.6 Å². The normalized spacial score (nSPS) is 17.4. The minimum atomic E-state index is 0.197. The highest BCUT2D eigenvalue weighted by Gasteiger charge is 2.18. The van der Waals surface area contributed by atoms with Crippen molar-refractivity contribution in [3.05, 3.63) is 24.3 Å². The number of amidine groups is 1. The summed E-state index contributed by atoms with van der Waals surface area (Å²) < 4.78 is 5.59. The van der Waals surface area contributed by atoms with Gasteiger partial charge in [-0.2, -0.15) is 0 Å². The van der Waals surface area contributed by atoms with Crippen molar-refractivity contribution in [2.24, 2.45) is 16.6 Å². The highest BCUT2D eigenvalue weighted by Crippen LogP contribution is 2.26. The molecule has 1 aliphatic carbocycles. The summed E-state index contributed by atoms with van der Waals surface area (Å²) >= 11 is 0. The highest BCUT2D eigenvalue weighted by atomic mass is 16.5. The lowest BCUT2D eigenvalue weighted by atomic mass is 10.1. The van der Waals surface area contributed by atoms with Crippen LogP contribution in [-0.2, 0) is 0 Å². The van der Waals surface area contributed by atoms with E-state index in [0.29, 0.717) is 5.92 Å². The third-order valence-electron chi connectivity index (χ3n) is 3.24. The average Bonchev–Trinajstić information content (AvgIpc) is 2.84. The molecule has 1 aromatic rings. The number of benzene rings is 1. The van der Waals surface area contributed by atoms with E-state index in [-0.39, 0.29) is 6.10 Å². The Morgan fingerprint density at radius 2 is 1.83 bits per heavy atom. The van der Waals surface area contributed by atoms with Crippen molar-refractivity contribution < 1.29 is 4.74 Å². The Bertz CT molecular complexity index is 403. The zero-order valence-electron chi connectivity index (χ0n) is 11.2. The smallest absolute Gasteiger partial charge is 0.119 e. The lowest BCUT2D eigenvalue weighted by Gasteiger charge is -2.10. The molecule has 2 rings (SSSR count). The topological polar surface area (TPSA) is 47.6 Å². The molecule has 0 unspecified atom stereocenters. The van der Waals surface area contributed by atoms with E-state index in [1.165, 1.54) is 25.7 Å². The predicted molar refractivity (Wildman–Crippen MR) is 75.4 cm³/mol. The van der Waals surface area contributed by atoms with Gasteiger partial charge >= 0.3 is 0 Å². The van der Waals surface area contributed by atoms with Crippen molar-refractivity contribution in [3.8, 4) is 5.75 Å². The van der Waals surface area contributed by atoms with Crippen molar-refractivity contribution in [2.75, 3.05) is 0 Å².